The molecule has 0 bridgehead atoms. The fourth-order valence-electron chi connectivity index (χ4n) is 0.694. The van der Waals surface area contributed by atoms with Crippen LogP contribution in [0, 0.1) is 13.0 Å². The van der Waals surface area contributed by atoms with E-state index >= 15 is 0 Å². The molecule has 1 aromatic heterocycles. The first-order chi connectivity index (χ1) is 4.20. The Hall–Kier alpha value is 1.51. The maximum absolute atomic E-state index is 3.29. The van der Waals surface area contributed by atoms with Gasteiger partial charge < -0.3 is 0 Å². The van der Waals surface area contributed by atoms with E-state index in [-0.39, 0.29) is 58.2 Å². The molecule has 0 amide bonds. The summed E-state index contributed by atoms with van der Waals surface area (Å²) in [6.45, 7) is 6.48. The van der Waals surface area contributed by atoms with Gasteiger partial charge in [0.15, 0.2) is 0 Å². The molecule has 0 N–H and O–H groups in total. The fraction of sp³-hybridized carbons (Fsp3) is 0.500. The summed E-state index contributed by atoms with van der Waals surface area (Å²) in [7, 11) is 0. The van der Waals surface area contributed by atoms with Gasteiger partial charge in [0.2, 0.25) is 0 Å². The molecule has 0 spiro atoms. The van der Waals surface area contributed by atoms with Crippen molar-refractivity contribution in [1.82, 2.24) is 0 Å². The normalized spacial score (nSPS) is 9.60. The number of hydrogen-bond donors (Lipinski definition) is 0. The summed E-state index contributed by atoms with van der Waals surface area (Å²) in [6.07, 6.45) is 0. The van der Waals surface area contributed by atoms with Crippen molar-refractivity contribution in [3.8, 4) is 0 Å². The standard InChI is InChI=1S/C8H11S.Rb/c1-6(2)8-4-7(3)9-5-8;/h5-6H,1-3H3;/q-1;+1. The van der Waals surface area contributed by atoms with Gasteiger partial charge in [-0.25, -0.2) is 11.6 Å². The molecule has 2 heteroatoms. The molecule has 50 valence electrons. The average Bonchev–Trinajstić information content (AvgIpc) is 2.14. The van der Waals surface area contributed by atoms with Crippen molar-refractivity contribution >= 4 is 11.3 Å². The third kappa shape index (κ3) is 3.27. The van der Waals surface area contributed by atoms with Crippen LogP contribution >= 0.6 is 11.3 Å². The molecular formula is C8H11RbS. The van der Waals surface area contributed by atoms with E-state index in [1.165, 1.54) is 10.4 Å². The third-order valence-corrected chi connectivity index (χ3v) is 2.13. The van der Waals surface area contributed by atoms with Crippen LogP contribution in [0.4, 0.5) is 0 Å². The molecule has 0 aromatic carbocycles. The number of thiophene rings is 1. The number of hydrogen-bond acceptors (Lipinski definition) is 1. The summed E-state index contributed by atoms with van der Waals surface area (Å²) in [5.41, 5.74) is 1.34. The first-order valence-corrected chi connectivity index (χ1v) is 4.05. The summed E-state index contributed by atoms with van der Waals surface area (Å²) >= 11 is 1.78. The second kappa shape index (κ2) is 5.20. The molecule has 0 atom stereocenters. The van der Waals surface area contributed by atoms with Crippen molar-refractivity contribution in [3.05, 3.63) is 21.9 Å². The topological polar surface area (TPSA) is 0 Å². The van der Waals surface area contributed by atoms with Gasteiger partial charge in [-0.2, -0.15) is 5.38 Å². The first-order valence-electron chi connectivity index (χ1n) is 3.17. The Morgan fingerprint density at radius 2 is 2.10 bits per heavy atom. The summed E-state index contributed by atoms with van der Waals surface area (Å²) in [5.74, 6) is 0.634. The van der Waals surface area contributed by atoms with Crippen molar-refractivity contribution in [2.75, 3.05) is 0 Å². The van der Waals surface area contributed by atoms with Crippen LogP contribution in [0.5, 0.6) is 0 Å². The molecule has 1 aromatic rings. The maximum atomic E-state index is 3.29. The zero-order chi connectivity index (χ0) is 6.85. The number of rotatable bonds is 1. The maximum Gasteiger partial charge on any atom is 1.00 e. The van der Waals surface area contributed by atoms with Crippen LogP contribution in [0.2, 0.25) is 0 Å². The molecule has 0 radical (unpaired) electrons. The molecule has 10 heavy (non-hydrogen) atoms. The van der Waals surface area contributed by atoms with E-state index in [1.54, 1.807) is 11.3 Å². The molecule has 1 heterocycles. The van der Waals surface area contributed by atoms with Crippen molar-refractivity contribution < 1.29 is 58.2 Å². The van der Waals surface area contributed by atoms with E-state index in [2.05, 4.69) is 32.2 Å². The largest absolute Gasteiger partial charge is 1.00 e. The van der Waals surface area contributed by atoms with E-state index < -0.39 is 0 Å². The average molecular weight is 225 g/mol. The Labute approximate surface area is 116 Å². The van der Waals surface area contributed by atoms with Gasteiger partial charge in [0.1, 0.15) is 0 Å². The summed E-state index contributed by atoms with van der Waals surface area (Å²) in [5, 5.41) is 2.18. The molecule has 0 aliphatic carbocycles. The number of aryl methyl sites for hydroxylation is 1. The molecule has 0 saturated carbocycles. The van der Waals surface area contributed by atoms with Crippen LogP contribution < -0.4 is 58.2 Å². The van der Waals surface area contributed by atoms with E-state index in [1.807, 2.05) is 0 Å². The minimum Gasteiger partial charge on any atom is -0.270 e. The Balaban J connectivity index is 0.000000810. The van der Waals surface area contributed by atoms with Crippen molar-refractivity contribution in [1.29, 1.82) is 0 Å². The van der Waals surface area contributed by atoms with Crippen molar-refractivity contribution in [2.45, 2.75) is 26.7 Å². The quantitative estimate of drug-likeness (QED) is 0.589. The molecule has 0 nitrogen and oxygen atoms in total. The Bertz CT molecular complexity index is 191. The summed E-state index contributed by atoms with van der Waals surface area (Å²) in [4.78, 5) is 1.29. The van der Waals surface area contributed by atoms with Crippen LogP contribution in [0.3, 0.4) is 0 Å². The van der Waals surface area contributed by atoms with Gasteiger partial charge in [0.05, 0.1) is 0 Å². The van der Waals surface area contributed by atoms with Gasteiger partial charge in [-0.05, 0) is 6.92 Å². The summed E-state index contributed by atoms with van der Waals surface area (Å²) < 4.78 is 0. The SMILES string of the molecule is Cc1[c-]c(C(C)C)cs1.[Rb+]. The van der Waals surface area contributed by atoms with Gasteiger partial charge in [-0.1, -0.05) is 19.8 Å². The zero-order valence-electron chi connectivity index (χ0n) is 7.06. The zero-order valence-corrected chi connectivity index (χ0v) is 12.8. The van der Waals surface area contributed by atoms with E-state index in [4.69, 9.17) is 0 Å². The van der Waals surface area contributed by atoms with E-state index in [0.717, 1.165) is 0 Å². The minimum absolute atomic E-state index is 0. The molecule has 0 fully saturated rings. The predicted molar refractivity (Wildman–Crippen MR) is 42.0 cm³/mol. The van der Waals surface area contributed by atoms with Crippen LogP contribution in [-0.4, -0.2) is 0 Å². The summed E-state index contributed by atoms with van der Waals surface area (Å²) in [6, 6.07) is 3.29. The fourth-order valence-corrected chi connectivity index (χ4v) is 1.51. The Morgan fingerprint density at radius 1 is 1.50 bits per heavy atom. The molecule has 0 aliphatic heterocycles. The minimum atomic E-state index is 0. The predicted octanol–water partition coefficient (Wildman–Crippen LogP) is -0.0159. The Kier molecular flexibility index (Phi) is 5.99. The first kappa shape index (κ1) is 11.5. The van der Waals surface area contributed by atoms with Crippen LogP contribution in [0.1, 0.15) is 30.2 Å². The van der Waals surface area contributed by atoms with Gasteiger partial charge >= 0.3 is 58.2 Å². The molecule has 1 rings (SSSR count). The molecule has 0 saturated heterocycles. The van der Waals surface area contributed by atoms with E-state index in [9.17, 15) is 0 Å². The Morgan fingerprint density at radius 3 is 2.30 bits per heavy atom. The monoisotopic (exact) mass is 224 g/mol. The van der Waals surface area contributed by atoms with Crippen LogP contribution in [-0.2, 0) is 0 Å². The van der Waals surface area contributed by atoms with Gasteiger partial charge in [-0.3, -0.25) is 11.3 Å². The molecular weight excluding hydrogens is 214 g/mol. The van der Waals surface area contributed by atoms with E-state index in [0.29, 0.717) is 5.92 Å². The van der Waals surface area contributed by atoms with Gasteiger partial charge in [0, 0.05) is 0 Å². The third-order valence-electron chi connectivity index (χ3n) is 1.31. The van der Waals surface area contributed by atoms with Gasteiger partial charge in [0.25, 0.3) is 0 Å². The van der Waals surface area contributed by atoms with Gasteiger partial charge in [-0.15, -0.1) is 4.88 Å². The molecule has 0 aliphatic rings. The van der Waals surface area contributed by atoms with Crippen molar-refractivity contribution in [2.24, 2.45) is 0 Å². The second-order valence-electron chi connectivity index (χ2n) is 2.53. The van der Waals surface area contributed by atoms with Crippen molar-refractivity contribution in [3.63, 3.8) is 0 Å². The smallest absolute Gasteiger partial charge is 0.270 e. The van der Waals surface area contributed by atoms with Crippen LogP contribution in [0.25, 0.3) is 0 Å². The molecule has 0 unspecified atom stereocenters. The van der Waals surface area contributed by atoms with Crippen LogP contribution in [0.15, 0.2) is 5.38 Å². The second-order valence-corrected chi connectivity index (χ2v) is 3.61.